The Morgan fingerprint density at radius 2 is 1.95 bits per heavy atom. The number of Topliss-reactive ketones (excluding diaryl/α,β-unsaturated/α-hetero) is 1. The van der Waals surface area contributed by atoms with Gasteiger partial charge in [0.1, 0.15) is 12.3 Å². The highest BCUT2D eigenvalue weighted by molar-refractivity contribution is 6.02. The molecule has 0 heterocycles. The van der Waals surface area contributed by atoms with Crippen molar-refractivity contribution in [2.24, 2.45) is 0 Å². The molecule has 0 amide bonds. The number of nitrogens with one attached hydrogen (secondary N) is 1. The van der Waals surface area contributed by atoms with Crippen LogP contribution in [0.5, 0.6) is 0 Å². The van der Waals surface area contributed by atoms with Crippen LogP contribution < -0.4 is 4.99 Å². The number of carbonyl (C=O) groups excluding carboxylic acids is 1. The molecule has 1 N–H and O–H groups in total. The summed E-state index contributed by atoms with van der Waals surface area (Å²) in [6, 6.07) is 10.4. The van der Waals surface area contributed by atoms with Gasteiger partial charge in [-0.2, -0.15) is 0 Å². The van der Waals surface area contributed by atoms with Crippen LogP contribution in [0.3, 0.4) is 0 Å². The first-order chi connectivity index (χ1) is 9.29. The first-order valence-corrected chi connectivity index (χ1v) is 7.44. The van der Waals surface area contributed by atoms with Gasteiger partial charge in [-0.3, -0.25) is 4.79 Å². The zero-order valence-corrected chi connectivity index (χ0v) is 11.8. The average Bonchev–Trinajstić information content (AvgIpc) is 2.44. The van der Waals surface area contributed by atoms with E-state index in [0.29, 0.717) is 24.5 Å². The van der Waals surface area contributed by atoms with Crippen LogP contribution in [0.4, 0.5) is 0 Å². The second-order valence-corrected chi connectivity index (χ2v) is 5.47. The van der Waals surface area contributed by atoms with Crippen LogP contribution in [0, 0.1) is 0 Å². The van der Waals surface area contributed by atoms with E-state index >= 15 is 0 Å². The van der Waals surface area contributed by atoms with Gasteiger partial charge in [-0.15, -0.1) is 0 Å². The highest BCUT2D eigenvalue weighted by Crippen LogP contribution is 2.28. The second-order valence-electron chi connectivity index (χ2n) is 5.47. The van der Waals surface area contributed by atoms with E-state index in [9.17, 15) is 4.79 Å². The van der Waals surface area contributed by atoms with Gasteiger partial charge in [0.25, 0.3) is 0 Å². The molecule has 1 aliphatic carbocycles. The molecule has 0 radical (unpaired) electrons. The quantitative estimate of drug-likeness (QED) is 0.807. The zero-order chi connectivity index (χ0) is 13.5. The number of ketones is 1. The molecule has 0 bridgehead atoms. The standard InChI is InChI=1S/C17H23NO/c1-2-3-7-10-18-16-11-15(12-17(19)13-16)14-8-5-4-6-9-14/h4-6,8-9,15H,2-3,7,10-13H2,1H3/p+1/t15-/m0/s1. The van der Waals surface area contributed by atoms with Gasteiger partial charge in [0.05, 0.1) is 6.42 Å². The number of unbranched alkanes of at least 4 members (excludes halogenated alkanes) is 2. The van der Waals surface area contributed by atoms with Crippen molar-refractivity contribution in [1.29, 1.82) is 0 Å². The van der Waals surface area contributed by atoms with E-state index in [2.05, 4.69) is 36.2 Å². The molecule has 1 aliphatic rings. The van der Waals surface area contributed by atoms with Crippen molar-refractivity contribution in [3.63, 3.8) is 0 Å². The van der Waals surface area contributed by atoms with Crippen molar-refractivity contribution in [3.05, 3.63) is 35.9 Å². The van der Waals surface area contributed by atoms with Crippen LogP contribution in [-0.4, -0.2) is 18.0 Å². The lowest BCUT2D eigenvalue weighted by Crippen LogP contribution is -2.74. The molecule has 0 saturated heterocycles. The van der Waals surface area contributed by atoms with E-state index in [4.69, 9.17) is 0 Å². The predicted molar refractivity (Wildman–Crippen MR) is 78.4 cm³/mol. The Morgan fingerprint density at radius 3 is 2.68 bits per heavy atom. The van der Waals surface area contributed by atoms with Crippen LogP contribution in [0.25, 0.3) is 0 Å². The normalized spacial score (nSPS) is 21.8. The van der Waals surface area contributed by atoms with Crippen LogP contribution >= 0.6 is 0 Å². The van der Waals surface area contributed by atoms with E-state index in [1.165, 1.54) is 30.5 Å². The summed E-state index contributed by atoms with van der Waals surface area (Å²) in [7, 11) is 0. The van der Waals surface area contributed by atoms with Crippen molar-refractivity contribution >= 4 is 11.5 Å². The Kier molecular flexibility index (Phi) is 5.31. The minimum Gasteiger partial charge on any atom is -0.299 e. The third-order valence-corrected chi connectivity index (χ3v) is 3.80. The van der Waals surface area contributed by atoms with E-state index in [1.54, 1.807) is 0 Å². The molecule has 0 unspecified atom stereocenters. The smallest absolute Gasteiger partial charge is 0.158 e. The Bertz CT molecular complexity index is 436. The summed E-state index contributed by atoms with van der Waals surface area (Å²) >= 11 is 0. The summed E-state index contributed by atoms with van der Waals surface area (Å²) in [6.45, 7) is 3.22. The number of hydrogen-bond donors (Lipinski definition) is 1. The fraction of sp³-hybridized carbons (Fsp3) is 0.529. The highest BCUT2D eigenvalue weighted by atomic mass is 16.1. The summed E-state index contributed by atoms with van der Waals surface area (Å²) in [6.07, 6.45) is 6.05. The van der Waals surface area contributed by atoms with Gasteiger partial charge >= 0.3 is 0 Å². The molecule has 2 nitrogen and oxygen atoms in total. The van der Waals surface area contributed by atoms with Gasteiger partial charge in [-0.1, -0.05) is 43.7 Å². The minimum atomic E-state index is 0.371. The lowest BCUT2D eigenvalue weighted by Gasteiger charge is -2.20. The van der Waals surface area contributed by atoms with Crippen molar-refractivity contribution in [1.82, 2.24) is 0 Å². The summed E-state index contributed by atoms with van der Waals surface area (Å²) < 4.78 is 0. The Morgan fingerprint density at radius 1 is 1.16 bits per heavy atom. The van der Waals surface area contributed by atoms with Gasteiger partial charge in [-0.25, -0.2) is 4.99 Å². The fourth-order valence-corrected chi connectivity index (χ4v) is 2.76. The van der Waals surface area contributed by atoms with Gasteiger partial charge in [0.2, 0.25) is 0 Å². The molecule has 19 heavy (non-hydrogen) atoms. The van der Waals surface area contributed by atoms with Gasteiger partial charge in [0.15, 0.2) is 5.71 Å². The highest BCUT2D eigenvalue weighted by Gasteiger charge is 2.28. The molecular formula is C17H24NO+. The van der Waals surface area contributed by atoms with Crippen molar-refractivity contribution in [2.45, 2.75) is 51.4 Å². The number of hydrogen-bond acceptors (Lipinski definition) is 1. The van der Waals surface area contributed by atoms with E-state index in [-0.39, 0.29) is 0 Å². The monoisotopic (exact) mass is 258 g/mol. The molecule has 0 aromatic heterocycles. The molecule has 2 heteroatoms. The first kappa shape index (κ1) is 14.0. The topological polar surface area (TPSA) is 31.0 Å². The molecule has 1 aromatic rings. The van der Waals surface area contributed by atoms with E-state index in [0.717, 1.165) is 13.0 Å². The lowest BCUT2D eigenvalue weighted by molar-refractivity contribution is -0.460. The van der Waals surface area contributed by atoms with Gasteiger partial charge in [-0.05, 0) is 12.0 Å². The SMILES string of the molecule is CCCCC[NH+]=C1CC(=O)C[C@@H](c2ccccc2)C1. The molecule has 1 saturated carbocycles. The molecular weight excluding hydrogens is 234 g/mol. The van der Waals surface area contributed by atoms with Gasteiger partial charge in [0, 0.05) is 25.2 Å². The van der Waals surface area contributed by atoms with Crippen LogP contribution in [0.1, 0.15) is 56.9 Å². The van der Waals surface area contributed by atoms with Crippen molar-refractivity contribution < 1.29 is 9.79 Å². The molecule has 102 valence electrons. The number of rotatable bonds is 5. The number of carbonyl (C=O) groups is 1. The Labute approximate surface area is 115 Å². The maximum Gasteiger partial charge on any atom is 0.158 e. The largest absolute Gasteiger partial charge is 0.299 e. The molecule has 1 atom stereocenters. The molecule has 0 spiro atoms. The third-order valence-electron chi connectivity index (χ3n) is 3.80. The summed E-state index contributed by atoms with van der Waals surface area (Å²) in [4.78, 5) is 15.4. The van der Waals surface area contributed by atoms with Crippen LogP contribution in [0.2, 0.25) is 0 Å². The maximum atomic E-state index is 11.9. The zero-order valence-electron chi connectivity index (χ0n) is 11.8. The molecule has 2 rings (SSSR count). The lowest BCUT2D eigenvalue weighted by atomic mass is 9.82. The van der Waals surface area contributed by atoms with Crippen LogP contribution in [-0.2, 0) is 4.79 Å². The average molecular weight is 258 g/mol. The van der Waals surface area contributed by atoms with E-state index < -0.39 is 0 Å². The molecule has 0 aliphatic heterocycles. The van der Waals surface area contributed by atoms with Crippen LogP contribution in [0.15, 0.2) is 30.3 Å². The summed E-state index contributed by atoms with van der Waals surface area (Å²) in [5, 5.41) is 0. The summed E-state index contributed by atoms with van der Waals surface area (Å²) in [5.41, 5.74) is 2.53. The summed E-state index contributed by atoms with van der Waals surface area (Å²) in [5.74, 6) is 0.745. The van der Waals surface area contributed by atoms with Crippen molar-refractivity contribution in [2.75, 3.05) is 6.54 Å². The molecule has 1 fully saturated rings. The fourth-order valence-electron chi connectivity index (χ4n) is 2.76. The Balaban J connectivity index is 1.98. The Hall–Kier alpha value is -1.44. The second kappa shape index (κ2) is 7.22. The first-order valence-electron chi connectivity index (χ1n) is 7.44. The van der Waals surface area contributed by atoms with E-state index in [1.807, 2.05) is 6.07 Å². The number of benzene rings is 1. The maximum absolute atomic E-state index is 11.9. The minimum absolute atomic E-state index is 0.371. The van der Waals surface area contributed by atoms with Gasteiger partial charge < -0.3 is 0 Å². The predicted octanol–water partition coefficient (Wildman–Crippen LogP) is 2.23. The third kappa shape index (κ3) is 4.30. The molecule has 1 aromatic carbocycles. The van der Waals surface area contributed by atoms with Crippen molar-refractivity contribution in [3.8, 4) is 0 Å².